The van der Waals surface area contributed by atoms with Crippen molar-refractivity contribution in [3.05, 3.63) is 41.0 Å². The van der Waals surface area contributed by atoms with Crippen LogP contribution in [0.3, 0.4) is 0 Å². The fourth-order valence-electron chi connectivity index (χ4n) is 1.10. The average Bonchev–Trinajstić information content (AvgIpc) is 2.52. The summed E-state index contributed by atoms with van der Waals surface area (Å²) in [4.78, 5) is 0. The molecular formula is C9H8BrN3. The van der Waals surface area contributed by atoms with Crippen LogP contribution in [-0.4, -0.2) is 9.78 Å². The first-order valence-electron chi connectivity index (χ1n) is 3.83. The lowest BCUT2D eigenvalue weighted by molar-refractivity contribution is 0.885. The van der Waals surface area contributed by atoms with E-state index in [0.29, 0.717) is 5.82 Å². The van der Waals surface area contributed by atoms with E-state index in [1.54, 1.807) is 10.7 Å². The molecule has 0 aliphatic heterocycles. The topological polar surface area (TPSA) is 43.8 Å². The lowest BCUT2D eigenvalue weighted by atomic mass is 10.3. The number of rotatable bonds is 1. The van der Waals surface area contributed by atoms with Crippen molar-refractivity contribution < 1.29 is 0 Å². The van der Waals surface area contributed by atoms with Gasteiger partial charge >= 0.3 is 0 Å². The van der Waals surface area contributed by atoms with Gasteiger partial charge in [-0.15, -0.1) is 0 Å². The number of hydrogen-bond donors (Lipinski definition) is 1. The predicted octanol–water partition coefficient (Wildman–Crippen LogP) is 2.22. The van der Waals surface area contributed by atoms with Crippen molar-refractivity contribution in [2.75, 3.05) is 5.73 Å². The van der Waals surface area contributed by atoms with E-state index in [1.807, 2.05) is 30.5 Å². The summed E-state index contributed by atoms with van der Waals surface area (Å²) in [5.74, 6) is 0.528. The van der Waals surface area contributed by atoms with Gasteiger partial charge in [0.1, 0.15) is 5.82 Å². The second-order valence-electron chi connectivity index (χ2n) is 2.67. The zero-order chi connectivity index (χ0) is 9.26. The molecule has 0 atom stereocenters. The van der Waals surface area contributed by atoms with Crippen molar-refractivity contribution in [1.82, 2.24) is 9.78 Å². The van der Waals surface area contributed by atoms with Crippen molar-refractivity contribution in [3.8, 4) is 5.69 Å². The van der Waals surface area contributed by atoms with Gasteiger partial charge in [-0.1, -0.05) is 22.0 Å². The lowest BCUT2D eigenvalue weighted by Gasteiger charge is -2.00. The van der Waals surface area contributed by atoms with Gasteiger partial charge in [-0.2, -0.15) is 5.10 Å². The Balaban J connectivity index is 2.46. The van der Waals surface area contributed by atoms with Gasteiger partial charge in [0.25, 0.3) is 0 Å². The van der Waals surface area contributed by atoms with Gasteiger partial charge < -0.3 is 5.73 Å². The molecule has 0 saturated heterocycles. The Hall–Kier alpha value is -1.29. The number of hydrogen-bond acceptors (Lipinski definition) is 2. The SMILES string of the molecule is Nc1ccn(-c2cccc(Br)c2)n1. The molecule has 13 heavy (non-hydrogen) atoms. The molecule has 0 fully saturated rings. The summed E-state index contributed by atoms with van der Waals surface area (Å²) in [6.07, 6.45) is 1.83. The number of nitrogens with zero attached hydrogens (tertiary/aromatic N) is 2. The molecule has 0 aliphatic rings. The summed E-state index contributed by atoms with van der Waals surface area (Å²) in [7, 11) is 0. The predicted molar refractivity (Wildman–Crippen MR) is 55.7 cm³/mol. The van der Waals surface area contributed by atoms with E-state index in [0.717, 1.165) is 10.2 Å². The van der Waals surface area contributed by atoms with Crippen LogP contribution in [0.15, 0.2) is 41.0 Å². The van der Waals surface area contributed by atoms with Crippen LogP contribution < -0.4 is 5.73 Å². The number of anilines is 1. The molecule has 66 valence electrons. The van der Waals surface area contributed by atoms with E-state index in [-0.39, 0.29) is 0 Å². The second kappa shape index (κ2) is 3.22. The highest BCUT2D eigenvalue weighted by atomic mass is 79.9. The molecule has 4 heteroatoms. The van der Waals surface area contributed by atoms with Gasteiger partial charge in [0.05, 0.1) is 5.69 Å². The van der Waals surface area contributed by atoms with Gasteiger partial charge in [0.15, 0.2) is 0 Å². The standard InChI is InChI=1S/C9H8BrN3/c10-7-2-1-3-8(6-7)13-5-4-9(11)12-13/h1-6H,(H2,11,12). The molecule has 2 rings (SSSR count). The second-order valence-corrected chi connectivity index (χ2v) is 3.58. The minimum Gasteiger partial charge on any atom is -0.382 e. The first-order chi connectivity index (χ1) is 6.25. The summed E-state index contributed by atoms with van der Waals surface area (Å²) < 4.78 is 2.76. The van der Waals surface area contributed by atoms with Crippen LogP contribution in [0.5, 0.6) is 0 Å². The normalized spacial score (nSPS) is 10.2. The van der Waals surface area contributed by atoms with E-state index in [1.165, 1.54) is 0 Å². The van der Waals surface area contributed by atoms with Crippen LogP contribution in [0.2, 0.25) is 0 Å². The third kappa shape index (κ3) is 1.72. The zero-order valence-electron chi connectivity index (χ0n) is 6.81. The van der Waals surface area contributed by atoms with Crippen LogP contribution in [0.4, 0.5) is 5.82 Å². The first-order valence-corrected chi connectivity index (χ1v) is 4.62. The van der Waals surface area contributed by atoms with E-state index >= 15 is 0 Å². The first kappa shape index (κ1) is 8.31. The Morgan fingerprint density at radius 3 is 2.77 bits per heavy atom. The maximum Gasteiger partial charge on any atom is 0.145 e. The fourth-order valence-corrected chi connectivity index (χ4v) is 1.49. The molecule has 0 spiro atoms. The summed E-state index contributed by atoms with van der Waals surface area (Å²) in [6, 6.07) is 9.64. The highest BCUT2D eigenvalue weighted by Gasteiger charge is 1.97. The quantitative estimate of drug-likeness (QED) is 0.827. The largest absolute Gasteiger partial charge is 0.382 e. The third-order valence-electron chi connectivity index (χ3n) is 1.68. The smallest absolute Gasteiger partial charge is 0.145 e. The third-order valence-corrected chi connectivity index (χ3v) is 2.18. The van der Waals surface area contributed by atoms with Crippen LogP contribution in [-0.2, 0) is 0 Å². The maximum absolute atomic E-state index is 5.51. The fraction of sp³-hybridized carbons (Fsp3) is 0. The summed E-state index contributed by atoms with van der Waals surface area (Å²) >= 11 is 3.39. The van der Waals surface area contributed by atoms with Crippen molar-refractivity contribution >= 4 is 21.7 Å². The van der Waals surface area contributed by atoms with Gasteiger partial charge in [-0.05, 0) is 18.2 Å². The summed E-state index contributed by atoms with van der Waals surface area (Å²) in [5, 5.41) is 4.10. The molecule has 2 N–H and O–H groups in total. The Kier molecular flexibility index (Phi) is 2.06. The zero-order valence-corrected chi connectivity index (χ0v) is 8.40. The van der Waals surface area contributed by atoms with Crippen LogP contribution >= 0.6 is 15.9 Å². The number of aromatic nitrogens is 2. The Labute approximate surface area is 84.3 Å². The molecule has 0 bridgehead atoms. The van der Waals surface area contributed by atoms with Crippen molar-refractivity contribution in [3.63, 3.8) is 0 Å². The molecule has 0 aliphatic carbocycles. The summed E-state index contributed by atoms with van der Waals surface area (Å²) in [6.45, 7) is 0. The highest BCUT2D eigenvalue weighted by molar-refractivity contribution is 9.10. The van der Waals surface area contributed by atoms with Gasteiger partial charge in [-0.25, -0.2) is 4.68 Å². The van der Waals surface area contributed by atoms with Crippen LogP contribution in [0.1, 0.15) is 0 Å². The van der Waals surface area contributed by atoms with Crippen molar-refractivity contribution in [2.24, 2.45) is 0 Å². The molecule has 3 nitrogen and oxygen atoms in total. The van der Waals surface area contributed by atoms with E-state index in [4.69, 9.17) is 5.73 Å². The van der Waals surface area contributed by atoms with E-state index < -0.39 is 0 Å². The molecular weight excluding hydrogens is 230 g/mol. The minimum atomic E-state index is 0.528. The number of halogens is 1. The Morgan fingerprint density at radius 1 is 1.31 bits per heavy atom. The van der Waals surface area contributed by atoms with E-state index in [2.05, 4.69) is 21.0 Å². The highest BCUT2D eigenvalue weighted by Crippen LogP contribution is 2.15. The molecule has 1 aromatic heterocycles. The van der Waals surface area contributed by atoms with Crippen molar-refractivity contribution in [2.45, 2.75) is 0 Å². The molecule has 2 aromatic rings. The molecule has 0 amide bonds. The van der Waals surface area contributed by atoms with Crippen LogP contribution in [0.25, 0.3) is 5.69 Å². The summed E-state index contributed by atoms with van der Waals surface area (Å²) in [5.41, 5.74) is 6.50. The monoisotopic (exact) mass is 237 g/mol. The molecule has 0 unspecified atom stereocenters. The molecule has 0 saturated carbocycles. The molecule has 1 heterocycles. The molecule has 1 aromatic carbocycles. The maximum atomic E-state index is 5.51. The lowest BCUT2D eigenvalue weighted by Crippen LogP contribution is -1.95. The Morgan fingerprint density at radius 2 is 2.15 bits per heavy atom. The van der Waals surface area contributed by atoms with Crippen molar-refractivity contribution in [1.29, 1.82) is 0 Å². The Bertz CT molecular complexity index is 422. The number of benzene rings is 1. The van der Waals surface area contributed by atoms with Gasteiger partial charge in [-0.3, -0.25) is 0 Å². The number of nitrogen functional groups attached to an aromatic ring is 1. The average molecular weight is 238 g/mol. The van der Waals surface area contributed by atoms with E-state index in [9.17, 15) is 0 Å². The minimum absolute atomic E-state index is 0.528. The van der Waals surface area contributed by atoms with Gasteiger partial charge in [0.2, 0.25) is 0 Å². The molecule has 0 radical (unpaired) electrons. The van der Waals surface area contributed by atoms with Gasteiger partial charge in [0, 0.05) is 16.7 Å². The van der Waals surface area contributed by atoms with Crippen LogP contribution in [0, 0.1) is 0 Å². The number of nitrogens with two attached hydrogens (primary N) is 1.